The average molecular weight is 402 g/mol. The van der Waals surface area contributed by atoms with Gasteiger partial charge >= 0.3 is 0 Å². The normalized spacial score (nSPS) is 21.0. The monoisotopic (exact) mass is 401 g/mol. The van der Waals surface area contributed by atoms with Crippen LogP contribution < -0.4 is 21.2 Å². The van der Waals surface area contributed by atoms with Crippen LogP contribution in [0.2, 0.25) is 0 Å². The molecular formula is C21H24FN3O2S. The predicted molar refractivity (Wildman–Crippen MR) is 107 cm³/mol. The fourth-order valence-electron chi connectivity index (χ4n) is 4.06. The number of anilines is 1. The van der Waals surface area contributed by atoms with Gasteiger partial charge in [0.2, 0.25) is 0 Å². The van der Waals surface area contributed by atoms with Gasteiger partial charge in [0.25, 0.3) is 0 Å². The number of rotatable bonds is 4. The molecule has 2 aromatic carbocycles. The van der Waals surface area contributed by atoms with E-state index in [2.05, 4.69) is 0 Å². The molecular weight excluding hydrogens is 377 g/mol. The molecule has 1 saturated carbocycles. The van der Waals surface area contributed by atoms with Crippen LogP contribution in [0.1, 0.15) is 32.6 Å². The van der Waals surface area contributed by atoms with Crippen molar-refractivity contribution in [3.63, 3.8) is 0 Å². The highest BCUT2D eigenvalue weighted by Gasteiger charge is 2.32. The number of benzene rings is 2. The van der Waals surface area contributed by atoms with Gasteiger partial charge < -0.3 is 10.6 Å². The molecule has 7 heteroatoms. The first kappa shape index (κ1) is 19.1. The van der Waals surface area contributed by atoms with E-state index >= 15 is 0 Å². The maximum Gasteiger partial charge on any atom is 0.181 e. The summed E-state index contributed by atoms with van der Waals surface area (Å²) in [4.78, 5) is 6.78. The molecule has 2 aromatic rings. The lowest BCUT2D eigenvalue weighted by Crippen LogP contribution is -2.50. The summed E-state index contributed by atoms with van der Waals surface area (Å²) in [6.45, 7) is 1.83. The number of nitrogens with two attached hydrogens (primary N) is 1. The molecule has 1 unspecified atom stereocenters. The van der Waals surface area contributed by atoms with Crippen LogP contribution in [0.4, 0.5) is 10.1 Å². The zero-order chi connectivity index (χ0) is 19.9. The van der Waals surface area contributed by atoms with Gasteiger partial charge in [-0.2, -0.15) is 0 Å². The van der Waals surface area contributed by atoms with Crippen LogP contribution in [0.25, 0.3) is 6.20 Å². The highest BCUT2D eigenvalue weighted by molar-refractivity contribution is 7.92. The molecule has 1 heterocycles. The number of hydrogen-bond acceptors (Lipinski definition) is 5. The summed E-state index contributed by atoms with van der Waals surface area (Å²) in [5.74, 6) is -0.369. The molecule has 2 atom stereocenters. The van der Waals surface area contributed by atoms with Gasteiger partial charge in [-0.3, -0.25) is 4.99 Å². The summed E-state index contributed by atoms with van der Waals surface area (Å²) in [7, 11) is -3.45. The van der Waals surface area contributed by atoms with Gasteiger partial charge in [0.1, 0.15) is 12.0 Å². The first-order valence-electron chi connectivity index (χ1n) is 9.60. The molecule has 0 amide bonds. The number of halogens is 1. The first-order valence-corrected chi connectivity index (χ1v) is 11.1. The minimum Gasteiger partial charge on any atom is -0.325 e. The van der Waals surface area contributed by atoms with Crippen molar-refractivity contribution < 1.29 is 12.8 Å². The fourth-order valence-corrected chi connectivity index (χ4v) is 6.10. The van der Waals surface area contributed by atoms with Crippen LogP contribution in [-0.2, 0) is 9.84 Å². The number of hydrogen-bond donors (Lipinski definition) is 1. The van der Waals surface area contributed by atoms with Crippen LogP contribution in [-0.4, -0.2) is 25.9 Å². The van der Waals surface area contributed by atoms with Crippen LogP contribution in [0.3, 0.4) is 0 Å². The minimum atomic E-state index is -3.45. The first-order chi connectivity index (χ1) is 13.4. The van der Waals surface area contributed by atoms with Crippen molar-refractivity contribution in [1.29, 1.82) is 0 Å². The molecule has 0 bridgehead atoms. The number of fused-ring (bicyclic) bond motifs is 1. The summed E-state index contributed by atoms with van der Waals surface area (Å²) in [6, 6.07) is 11.0. The Bertz CT molecular complexity index is 1110. The second-order valence-corrected chi connectivity index (χ2v) is 9.76. The lowest BCUT2D eigenvalue weighted by molar-refractivity contribution is 0.553. The van der Waals surface area contributed by atoms with E-state index in [4.69, 9.17) is 10.7 Å². The summed E-state index contributed by atoms with van der Waals surface area (Å²) < 4.78 is 40.3. The Kier molecular flexibility index (Phi) is 4.97. The van der Waals surface area contributed by atoms with Crippen LogP contribution in [0.15, 0.2) is 52.4 Å². The maximum atomic E-state index is 13.8. The maximum absolute atomic E-state index is 13.8. The molecule has 4 rings (SSSR count). The van der Waals surface area contributed by atoms with Crippen molar-refractivity contribution in [3.05, 3.63) is 58.9 Å². The minimum absolute atomic E-state index is 0.296. The van der Waals surface area contributed by atoms with Crippen molar-refractivity contribution in [2.75, 3.05) is 4.90 Å². The smallest absolute Gasteiger partial charge is 0.181 e. The third kappa shape index (κ3) is 3.33. The van der Waals surface area contributed by atoms with Crippen molar-refractivity contribution in [2.45, 2.75) is 55.0 Å². The van der Waals surface area contributed by atoms with Gasteiger partial charge in [-0.25, -0.2) is 12.8 Å². The molecule has 0 spiro atoms. The lowest BCUT2D eigenvalue weighted by atomic mass is 10.1. The van der Waals surface area contributed by atoms with Gasteiger partial charge in [0.15, 0.2) is 9.84 Å². The molecule has 0 radical (unpaired) electrons. The molecule has 5 nitrogen and oxygen atoms in total. The molecule has 1 aliphatic heterocycles. The topological polar surface area (TPSA) is 75.8 Å². The zero-order valence-electron chi connectivity index (χ0n) is 15.8. The third-order valence-corrected chi connectivity index (χ3v) is 7.81. The van der Waals surface area contributed by atoms with Gasteiger partial charge in [0, 0.05) is 23.1 Å². The molecule has 28 heavy (non-hydrogen) atoms. The standard InChI is InChI=1S/C21H24FN3O2S/c1-14(23)21-24-19-10-5-11-20(28(26,27)17-8-2-3-9-17)18(19)13-25(21)16-7-4-6-15(22)12-16/h4-7,10-14,17,21H,2-3,8-9,23H2,1H3/t14?,21-/m1/s1. The predicted octanol–water partition coefficient (Wildman–Crippen LogP) is 2.09. The van der Waals surface area contributed by atoms with Crippen LogP contribution in [0, 0.1) is 5.82 Å². The summed E-state index contributed by atoms with van der Waals surface area (Å²) in [5, 5.41) is 0.811. The Morgan fingerprint density at radius 3 is 2.57 bits per heavy atom. The van der Waals surface area contributed by atoms with Gasteiger partial charge in [0.05, 0.1) is 15.5 Å². The van der Waals surface area contributed by atoms with Crippen molar-refractivity contribution in [1.82, 2.24) is 0 Å². The summed E-state index contributed by atoms with van der Waals surface area (Å²) >= 11 is 0. The van der Waals surface area contributed by atoms with E-state index in [1.54, 1.807) is 41.4 Å². The Hall–Kier alpha value is -2.25. The quantitative estimate of drug-likeness (QED) is 0.851. The van der Waals surface area contributed by atoms with E-state index in [1.165, 1.54) is 12.1 Å². The molecule has 1 fully saturated rings. The van der Waals surface area contributed by atoms with Crippen molar-refractivity contribution in [3.8, 4) is 0 Å². The van der Waals surface area contributed by atoms with Gasteiger partial charge in [-0.1, -0.05) is 25.0 Å². The average Bonchev–Trinajstić information content (AvgIpc) is 3.22. The molecule has 1 aliphatic carbocycles. The SMILES string of the molecule is CC(N)[C@@H]1N=c2cccc(S(=O)(=O)C3CCCC3)c2=CN1c1cccc(F)c1. The highest BCUT2D eigenvalue weighted by atomic mass is 32.2. The van der Waals surface area contributed by atoms with E-state index in [9.17, 15) is 12.8 Å². The Balaban J connectivity index is 1.92. The van der Waals surface area contributed by atoms with Crippen molar-refractivity contribution in [2.24, 2.45) is 10.7 Å². The Morgan fingerprint density at radius 1 is 1.18 bits per heavy atom. The summed E-state index contributed by atoms with van der Waals surface area (Å²) in [6.07, 6.45) is 4.58. The third-order valence-electron chi connectivity index (χ3n) is 5.49. The molecule has 148 valence electrons. The van der Waals surface area contributed by atoms with Crippen LogP contribution in [0.5, 0.6) is 0 Å². The van der Waals surface area contributed by atoms with E-state index < -0.39 is 16.0 Å². The largest absolute Gasteiger partial charge is 0.325 e. The molecule has 0 saturated heterocycles. The van der Waals surface area contributed by atoms with Gasteiger partial charge in [-0.15, -0.1) is 0 Å². The molecule has 2 N–H and O–H groups in total. The van der Waals surface area contributed by atoms with E-state index in [0.29, 0.717) is 34.0 Å². The highest BCUT2D eigenvalue weighted by Crippen LogP contribution is 2.28. The Labute approximate surface area is 164 Å². The van der Waals surface area contributed by atoms with Crippen molar-refractivity contribution >= 4 is 21.7 Å². The Morgan fingerprint density at radius 2 is 1.89 bits per heavy atom. The summed E-state index contributed by atoms with van der Waals surface area (Å²) in [5.41, 5.74) is 6.73. The van der Waals surface area contributed by atoms with E-state index in [-0.39, 0.29) is 17.1 Å². The number of nitrogens with zero attached hydrogens (tertiary/aromatic N) is 2. The lowest BCUT2D eigenvalue weighted by Gasteiger charge is -2.32. The second kappa shape index (κ2) is 7.29. The zero-order valence-corrected chi connectivity index (χ0v) is 16.6. The van der Waals surface area contributed by atoms with Gasteiger partial charge in [-0.05, 0) is 50.1 Å². The molecule has 0 aromatic heterocycles. The number of sulfone groups is 1. The van der Waals surface area contributed by atoms with Crippen LogP contribution >= 0.6 is 0 Å². The second-order valence-electron chi connectivity index (χ2n) is 7.56. The van der Waals surface area contributed by atoms with E-state index in [0.717, 1.165) is 12.8 Å². The molecule has 2 aliphatic rings. The van der Waals surface area contributed by atoms with E-state index in [1.807, 2.05) is 6.92 Å². The fraction of sp³-hybridized carbons (Fsp3) is 0.381.